The van der Waals surface area contributed by atoms with E-state index >= 15 is 0 Å². The Bertz CT molecular complexity index is 719. The molecule has 1 atom stereocenters. The molecule has 2 aromatic rings. The van der Waals surface area contributed by atoms with Crippen LogP contribution in [-0.2, 0) is 12.8 Å². The molecule has 1 amide bonds. The second-order valence-corrected chi connectivity index (χ2v) is 7.52. The second-order valence-electron chi connectivity index (χ2n) is 6.24. The fourth-order valence-corrected chi connectivity index (χ4v) is 4.41. The highest BCUT2D eigenvalue weighted by Crippen LogP contribution is 2.35. The zero-order valence-electron chi connectivity index (χ0n) is 14.2. The third-order valence-corrected chi connectivity index (χ3v) is 5.53. The van der Waals surface area contributed by atoms with E-state index in [2.05, 4.69) is 12.1 Å². The van der Waals surface area contributed by atoms with Crippen LogP contribution in [0, 0.1) is 13.8 Å². The molecular formula is C17H23N3O2S. The number of aryl methyl sites for hydroxylation is 4. The number of amides is 1. The first-order valence-corrected chi connectivity index (χ1v) is 8.99. The summed E-state index contributed by atoms with van der Waals surface area (Å²) in [6.07, 6.45) is 4.07. The molecule has 1 aliphatic carbocycles. The minimum absolute atomic E-state index is 0.000301. The molecule has 3 rings (SSSR count). The van der Waals surface area contributed by atoms with E-state index < -0.39 is 0 Å². The van der Waals surface area contributed by atoms with Crippen LogP contribution >= 0.6 is 11.3 Å². The van der Waals surface area contributed by atoms with Crippen LogP contribution in [0.5, 0.6) is 0 Å². The highest BCUT2D eigenvalue weighted by atomic mass is 32.1. The van der Waals surface area contributed by atoms with E-state index in [0.29, 0.717) is 35.9 Å². The minimum atomic E-state index is -0.000301. The molecule has 5 nitrogen and oxygen atoms in total. The number of carbonyl (C=O) groups is 1. The van der Waals surface area contributed by atoms with Gasteiger partial charge in [0, 0.05) is 30.8 Å². The molecule has 0 fully saturated rings. The maximum Gasteiger partial charge on any atom is 0.259 e. The largest absolute Gasteiger partial charge is 0.360 e. The number of carbonyl (C=O) groups excluding carboxylic acids is 1. The molecule has 0 radical (unpaired) electrons. The zero-order valence-corrected chi connectivity index (χ0v) is 15.0. The van der Waals surface area contributed by atoms with Crippen molar-refractivity contribution in [3.8, 4) is 0 Å². The Morgan fingerprint density at radius 3 is 2.96 bits per heavy atom. The van der Waals surface area contributed by atoms with Crippen LogP contribution in [-0.4, -0.2) is 34.5 Å². The zero-order chi connectivity index (χ0) is 16.6. The van der Waals surface area contributed by atoms with Gasteiger partial charge in [0.25, 0.3) is 5.91 Å². The van der Waals surface area contributed by atoms with E-state index in [9.17, 15) is 4.79 Å². The summed E-state index contributed by atoms with van der Waals surface area (Å²) in [6.45, 7) is 6.56. The normalized spacial score (nSPS) is 17.1. The predicted octanol–water partition coefficient (Wildman–Crippen LogP) is 3.50. The van der Waals surface area contributed by atoms with Crippen LogP contribution in [0.3, 0.4) is 0 Å². The molecule has 0 N–H and O–H groups in total. The van der Waals surface area contributed by atoms with Gasteiger partial charge in [0.15, 0.2) is 0 Å². The Morgan fingerprint density at radius 1 is 1.43 bits per heavy atom. The van der Waals surface area contributed by atoms with Gasteiger partial charge in [-0.1, -0.05) is 12.1 Å². The molecule has 0 aromatic carbocycles. The van der Waals surface area contributed by atoms with E-state index in [4.69, 9.17) is 9.51 Å². The van der Waals surface area contributed by atoms with Crippen LogP contribution in [0.4, 0.5) is 0 Å². The van der Waals surface area contributed by atoms with Crippen molar-refractivity contribution < 1.29 is 9.32 Å². The molecule has 0 unspecified atom stereocenters. The molecule has 0 aliphatic heterocycles. The van der Waals surface area contributed by atoms with Crippen LogP contribution in [0.25, 0.3) is 0 Å². The number of likely N-dealkylation sites (N-methyl/N-ethyl adjacent to an activating group) is 1. The van der Waals surface area contributed by atoms with Crippen molar-refractivity contribution in [2.75, 3.05) is 13.6 Å². The molecule has 0 bridgehead atoms. The first-order valence-electron chi connectivity index (χ1n) is 8.18. The van der Waals surface area contributed by atoms with E-state index in [1.54, 1.807) is 16.2 Å². The monoisotopic (exact) mass is 333 g/mol. The van der Waals surface area contributed by atoms with Gasteiger partial charge in [0.1, 0.15) is 11.3 Å². The molecule has 0 saturated heterocycles. The highest BCUT2D eigenvalue weighted by molar-refractivity contribution is 7.11. The maximum absolute atomic E-state index is 12.8. The summed E-state index contributed by atoms with van der Waals surface area (Å²) in [7, 11) is 1.86. The quantitative estimate of drug-likeness (QED) is 0.859. The molecule has 2 heterocycles. The number of hydrogen-bond donors (Lipinski definition) is 0. The van der Waals surface area contributed by atoms with Gasteiger partial charge in [-0.05, 0) is 33.1 Å². The van der Waals surface area contributed by atoms with Gasteiger partial charge >= 0.3 is 0 Å². The Balaban J connectivity index is 1.78. The lowest BCUT2D eigenvalue weighted by atomic mass is 9.90. The number of nitrogens with zero attached hydrogens (tertiary/aromatic N) is 3. The second kappa shape index (κ2) is 6.43. The van der Waals surface area contributed by atoms with Crippen molar-refractivity contribution in [1.82, 2.24) is 15.0 Å². The maximum atomic E-state index is 12.8. The van der Waals surface area contributed by atoms with E-state index in [1.165, 1.54) is 17.0 Å². The lowest BCUT2D eigenvalue weighted by Gasteiger charge is -2.26. The van der Waals surface area contributed by atoms with Gasteiger partial charge in [0.2, 0.25) is 0 Å². The van der Waals surface area contributed by atoms with Crippen molar-refractivity contribution >= 4 is 17.2 Å². The summed E-state index contributed by atoms with van der Waals surface area (Å²) < 4.78 is 5.26. The smallest absolute Gasteiger partial charge is 0.259 e. The summed E-state index contributed by atoms with van der Waals surface area (Å²) in [5, 5.41) is 5.07. The standard InChI is InChI=1S/C17H23N3O2S/c1-5-13-15(10(2)19-22-13)17(21)20(4)9-12-7-6-8-14-16(12)18-11(3)23-14/h12H,5-9H2,1-4H3/t12-/m0/s1. The van der Waals surface area contributed by atoms with E-state index in [-0.39, 0.29) is 5.91 Å². The third kappa shape index (κ3) is 3.04. The third-order valence-electron chi connectivity index (χ3n) is 4.49. The molecule has 1 aliphatic rings. The van der Waals surface area contributed by atoms with Gasteiger partial charge in [-0.2, -0.15) is 0 Å². The average Bonchev–Trinajstić information content (AvgIpc) is 3.08. The molecule has 2 aromatic heterocycles. The summed E-state index contributed by atoms with van der Waals surface area (Å²) in [4.78, 5) is 20.7. The predicted molar refractivity (Wildman–Crippen MR) is 90.1 cm³/mol. The van der Waals surface area contributed by atoms with Gasteiger partial charge in [-0.25, -0.2) is 4.98 Å². The Kier molecular flexibility index (Phi) is 4.53. The van der Waals surface area contributed by atoms with Crippen molar-refractivity contribution in [3.63, 3.8) is 0 Å². The Labute approximate surface area is 140 Å². The Hall–Kier alpha value is -1.69. The number of hydrogen-bond acceptors (Lipinski definition) is 5. The SMILES string of the molecule is CCc1onc(C)c1C(=O)N(C)C[C@@H]1CCCc2sc(C)nc21. The minimum Gasteiger partial charge on any atom is -0.360 e. The first kappa shape index (κ1) is 16.2. The van der Waals surface area contributed by atoms with Crippen LogP contribution in [0.1, 0.15) is 63.1 Å². The lowest BCUT2D eigenvalue weighted by molar-refractivity contribution is 0.0780. The molecule has 6 heteroatoms. The summed E-state index contributed by atoms with van der Waals surface area (Å²) >= 11 is 1.80. The highest BCUT2D eigenvalue weighted by Gasteiger charge is 2.28. The van der Waals surface area contributed by atoms with Gasteiger partial charge in [0.05, 0.1) is 16.4 Å². The number of thiazole rings is 1. The average molecular weight is 333 g/mol. The lowest BCUT2D eigenvalue weighted by Crippen LogP contribution is -2.33. The van der Waals surface area contributed by atoms with Crippen molar-refractivity contribution in [2.45, 2.75) is 52.4 Å². The van der Waals surface area contributed by atoms with Gasteiger partial charge < -0.3 is 9.42 Å². The van der Waals surface area contributed by atoms with Gasteiger partial charge in [-0.15, -0.1) is 11.3 Å². The summed E-state index contributed by atoms with van der Waals surface area (Å²) in [5.74, 6) is 1.01. The molecule has 0 saturated carbocycles. The van der Waals surface area contributed by atoms with Crippen molar-refractivity contribution in [1.29, 1.82) is 0 Å². The topological polar surface area (TPSA) is 59.2 Å². The number of fused-ring (bicyclic) bond motifs is 1. The fraction of sp³-hybridized carbons (Fsp3) is 0.588. The molecular weight excluding hydrogens is 310 g/mol. The molecule has 23 heavy (non-hydrogen) atoms. The number of aromatic nitrogens is 2. The molecule has 124 valence electrons. The van der Waals surface area contributed by atoms with Crippen molar-refractivity contribution in [2.24, 2.45) is 0 Å². The van der Waals surface area contributed by atoms with E-state index in [0.717, 1.165) is 17.8 Å². The van der Waals surface area contributed by atoms with E-state index in [1.807, 2.05) is 20.9 Å². The van der Waals surface area contributed by atoms with Crippen LogP contribution < -0.4 is 0 Å². The summed E-state index contributed by atoms with van der Waals surface area (Å²) in [5.41, 5.74) is 2.50. The van der Waals surface area contributed by atoms with Crippen molar-refractivity contribution in [3.05, 3.63) is 32.6 Å². The number of rotatable bonds is 4. The van der Waals surface area contributed by atoms with Crippen LogP contribution in [0.15, 0.2) is 4.52 Å². The first-order chi connectivity index (χ1) is 11.0. The summed E-state index contributed by atoms with van der Waals surface area (Å²) in [6, 6.07) is 0. The van der Waals surface area contributed by atoms with Crippen LogP contribution in [0.2, 0.25) is 0 Å². The Morgan fingerprint density at radius 2 is 2.22 bits per heavy atom. The van der Waals surface area contributed by atoms with Gasteiger partial charge in [-0.3, -0.25) is 4.79 Å². The fourth-order valence-electron chi connectivity index (χ4n) is 3.34. The molecule has 0 spiro atoms.